The number of aliphatic hydroxyl groups is 1. The van der Waals surface area contributed by atoms with Crippen LogP contribution in [0.3, 0.4) is 0 Å². The number of benzene rings is 2. The van der Waals surface area contributed by atoms with E-state index in [1.54, 1.807) is 37.4 Å². The Bertz CT molecular complexity index is 604. The molecule has 0 aliphatic heterocycles. The van der Waals surface area contributed by atoms with Gasteiger partial charge in [0.05, 0.1) is 11.1 Å². The molecule has 0 fully saturated rings. The van der Waals surface area contributed by atoms with Crippen molar-refractivity contribution in [3.8, 4) is 5.75 Å². The first-order valence-corrected chi connectivity index (χ1v) is 7.27. The summed E-state index contributed by atoms with van der Waals surface area (Å²) in [6.07, 6.45) is -0.978. The Morgan fingerprint density at radius 1 is 1.10 bits per heavy atom. The van der Waals surface area contributed by atoms with Crippen LogP contribution in [-0.4, -0.2) is 25.4 Å². The van der Waals surface area contributed by atoms with Crippen molar-refractivity contribution in [1.29, 1.82) is 0 Å². The molecular weight excluding hydrogens is 339 g/mol. The van der Waals surface area contributed by atoms with Crippen LogP contribution in [0.15, 0.2) is 46.9 Å². The summed E-state index contributed by atoms with van der Waals surface area (Å²) in [4.78, 5) is 0. The molecule has 0 amide bonds. The molecule has 3 nitrogen and oxygen atoms in total. The number of aliphatic hydroxyl groups excluding tert-OH is 1. The molecule has 2 aromatic rings. The Morgan fingerprint density at radius 2 is 1.81 bits per heavy atom. The van der Waals surface area contributed by atoms with Crippen LogP contribution in [0.5, 0.6) is 5.75 Å². The SMILES string of the molecule is COCCOc1ccccc1C(O)c1cccc(F)c1Br. The van der Waals surface area contributed by atoms with Gasteiger partial charge in [0.25, 0.3) is 0 Å². The predicted molar refractivity (Wildman–Crippen MR) is 82.0 cm³/mol. The van der Waals surface area contributed by atoms with E-state index in [9.17, 15) is 9.50 Å². The minimum absolute atomic E-state index is 0.254. The van der Waals surface area contributed by atoms with Gasteiger partial charge in [0, 0.05) is 18.2 Å². The van der Waals surface area contributed by atoms with Gasteiger partial charge in [0.1, 0.15) is 24.3 Å². The summed E-state index contributed by atoms with van der Waals surface area (Å²) in [5.74, 6) is 0.141. The van der Waals surface area contributed by atoms with Crippen molar-refractivity contribution in [3.05, 3.63) is 63.9 Å². The van der Waals surface area contributed by atoms with E-state index in [-0.39, 0.29) is 4.47 Å². The summed E-state index contributed by atoms with van der Waals surface area (Å²) < 4.78 is 24.4. The zero-order valence-electron chi connectivity index (χ0n) is 11.6. The first-order chi connectivity index (χ1) is 10.1. The largest absolute Gasteiger partial charge is 0.491 e. The molecule has 2 aromatic carbocycles. The minimum atomic E-state index is -0.978. The first-order valence-electron chi connectivity index (χ1n) is 6.47. The predicted octanol–water partition coefficient (Wildman–Crippen LogP) is 3.70. The van der Waals surface area contributed by atoms with Gasteiger partial charge in [-0.1, -0.05) is 30.3 Å². The van der Waals surface area contributed by atoms with Crippen molar-refractivity contribution in [2.75, 3.05) is 20.3 Å². The lowest BCUT2D eigenvalue weighted by Crippen LogP contribution is -2.09. The number of ether oxygens (including phenoxy) is 2. The molecule has 1 unspecified atom stereocenters. The third-order valence-electron chi connectivity index (χ3n) is 3.03. The summed E-state index contributed by atoms with van der Waals surface area (Å²) in [7, 11) is 1.59. The molecule has 5 heteroatoms. The summed E-state index contributed by atoms with van der Waals surface area (Å²) in [6, 6.07) is 11.7. The number of rotatable bonds is 6. The van der Waals surface area contributed by atoms with E-state index in [0.717, 1.165) is 0 Å². The lowest BCUT2D eigenvalue weighted by atomic mass is 10.0. The van der Waals surface area contributed by atoms with Gasteiger partial charge in [-0.15, -0.1) is 0 Å². The van der Waals surface area contributed by atoms with Crippen LogP contribution in [0.25, 0.3) is 0 Å². The average Bonchev–Trinajstić information content (AvgIpc) is 2.50. The zero-order valence-corrected chi connectivity index (χ0v) is 13.1. The molecule has 0 heterocycles. The van der Waals surface area contributed by atoms with Crippen LogP contribution in [-0.2, 0) is 4.74 Å². The summed E-state index contributed by atoms with van der Waals surface area (Å²) in [6.45, 7) is 0.832. The van der Waals surface area contributed by atoms with Gasteiger partial charge in [-0.25, -0.2) is 4.39 Å². The van der Waals surface area contributed by atoms with Crippen LogP contribution in [0, 0.1) is 5.82 Å². The summed E-state index contributed by atoms with van der Waals surface area (Å²) in [5, 5.41) is 10.5. The fraction of sp³-hybridized carbons (Fsp3) is 0.250. The molecule has 0 aliphatic carbocycles. The maximum atomic E-state index is 13.6. The van der Waals surface area contributed by atoms with Crippen molar-refractivity contribution in [2.45, 2.75) is 6.10 Å². The Morgan fingerprint density at radius 3 is 2.57 bits per heavy atom. The average molecular weight is 355 g/mol. The number of halogens is 2. The van der Waals surface area contributed by atoms with Gasteiger partial charge in [0.2, 0.25) is 0 Å². The number of para-hydroxylation sites is 1. The normalized spacial score (nSPS) is 12.2. The molecule has 0 spiro atoms. The van der Waals surface area contributed by atoms with E-state index >= 15 is 0 Å². The lowest BCUT2D eigenvalue weighted by molar-refractivity contribution is 0.142. The van der Waals surface area contributed by atoms with Crippen LogP contribution >= 0.6 is 15.9 Å². The smallest absolute Gasteiger partial charge is 0.137 e. The molecule has 1 atom stereocenters. The first kappa shape index (κ1) is 15.9. The molecule has 0 bridgehead atoms. The second-order valence-corrected chi connectivity index (χ2v) is 5.22. The van der Waals surface area contributed by atoms with Gasteiger partial charge in [0.15, 0.2) is 0 Å². The standard InChI is InChI=1S/C16H16BrFO3/c1-20-9-10-21-14-8-3-2-5-11(14)16(19)12-6-4-7-13(18)15(12)17/h2-8,16,19H,9-10H2,1H3. The van der Waals surface area contributed by atoms with Gasteiger partial charge in [-0.2, -0.15) is 0 Å². The van der Waals surface area contributed by atoms with Crippen molar-refractivity contribution in [1.82, 2.24) is 0 Å². The van der Waals surface area contributed by atoms with Crippen LogP contribution in [0.2, 0.25) is 0 Å². The molecule has 21 heavy (non-hydrogen) atoms. The van der Waals surface area contributed by atoms with E-state index < -0.39 is 11.9 Å². The minimum Gasteiger partial charge on any atom is -0.491 e. The highest BCUT2D eigenvalue weighted by Gasteiger charge is 2.19. The molecular formula is C16H16BrFO3. The van der Waals surface area contributed by atoms with Crippen LogP contribution in [0.1, 0.15) is 17.2 Å². The molecule has 1 N–H and O–H groups in total. The summed E-state index contributed by atoms with van der Waals surface area (Å²) >= 11 is 3.17. The zero-order chi connectivity index (χ0) is 15.2. The monoisotopic (exact) mass is 354 g/mol. The van der Waals surface area contributed by atoms with Crippen molar-refractivity contribution >= 4 is 15.9 Å². The molecule has 0 saturated heterocycles. The molecule has 0 radical (unpaired) electrons. The second kappa shape index (κ2) is 7.54. The Labute approximate surface area is 131 Å². The van der Waals surface area contributed by atoms with E-state index in [1.165, 1.54) is 6.07 Å². The Kier molecular flexibility index (Phi) is 5.73. The highest BCUT2D eigenvalue weighted by Crippen LogP contribution is 2.34. The van der Waals surface area contributed by atoms with Gasteiger partial charge < -0.3 is 14.6 Å². The topological polar surface area (TPSA) is 38.7 Å². The number of methoxy groups -OCH3 is 1. The number of hydrogen-bond acceptors (Lipinski definition) is 3. The van der Waals surface area contributed by atoms with Gasteiger partial charge in [-0.05, 0) is 28.1 Å². The number of hydrogen-bond donors (Lipinski definition) is 1. The molecule has 0 aromatic heterocycles. The fourth-order valence-electron chi connectivity index (χ4n) is 1.97. The van der Waals surface area contributed by atoms with E-state index in [2.05, 4.69) is 15.9 Å². The van der Waals surface area contributed by atoms with Crippen molar-refractivity contribution in [2.24, 2.45) is 0 Å². The van der Waals surface area contributed by atoms with Gasteiger partial charge in [-0.3, -0.25) is 0 Å². The van der Waals surface area contributed by atoms with E-state index in [4.69, 9.17) is 9.47 Å². The fourth-order valence-corrected chi connectivity index (χ4v) is 2.45. The maximum absolute atomic E-state index is 13.6. The Hall–Kier alpha value is -1.43. The third-order valence-corrected chi connectivity index (χ3v) is 3.87. The third kappa shape index (κ3) is 3.81. The second-order valence-electron chi connectivity index (χ2n) is 4.42. The molecule has 2 rings (SSSR count). The van der Waals surface area contributed by atoms with Crippen LogP contribution < -0.4 is 4.74 Å². The lowest BCUT2D eigenvalue weighted by Gasteiger charge is -2.17. The Balaban J connectivity index is 2.30. The summed E-state index contributed by atoms with van der Waals surface area (Å²) in [5.41, 5.74) is 1.04. The van der Waals surface area contributed by atoms with Crippen LogP contribution in [0.4, 0.5) is 4.39 Å². The van der Waals surface area contributed by atoms with E-state index in [0.29, 0.717) is 30.1 Å². The van der Waals surface area contributed by atoms with Gasteiger partial charge >= 0.3 is 0 Å². The molecule has 0 aliphatic rings. The maximum Gasteiger partial charge on any atom is 0.137 e. The molecule has 0 saturated carbocycles. The van der Waals surface area contributed by atoms with Crippen molar-refractivity contribution in [3.63, 3.8) is 0 Å². The van der Waals surface area contributed by atoms with E-state index in [1.807, 2.05) is 6.07 Å². The quantitative estimate of drug-likeness (QED) is 0.804. The van der Waals surface area contributed by atoms with Crippen molar-refractivity contribution < 1.29 is 19.0 Å². The molecule has 112 valence electrons. The highest BCUT2D eigenvalue weighted by atomic mass is 79.9. The highest BCUT2D eigenvalue weighted by molar-refractivity contribution is 9.10.